The molecule has 1 atom stereocenters. The molecular weight excluding hydrogens is 300 g/mol. The van der Waals surface area contributed by atoms with Crippen molar-refractivity contribution >= 4 is 23.5 Å². The lowest BCUT2D eigenvalue weighted by Gasteiger charge is -2.21. The van der Waals surface area contributed by atoms with Crippen LogP contribution >= 0.6 is 11.8 Å². The average molecular weight is 320 g/mol. The van der Waals surface area contributed by atoms with Gasteiger partial charge >= 0.3 is 6.03 Å². The fourth-order valence-corrected chi connectivity index (χ4v) is 2.53. The Morgan fingerprint density at radius 2 is 2.05 bits per heavy atom. The highest BCUT2D eigenvalue weighted by Crippen LogP contribution is 2.25. The third-order valence-electron chi connectivity index (χ3n) is 3.22. The second-order valence-corrected chi connectivity index (χ2v) is 6.04. The number of carbonyl (C=O) groups is 1. The maximum Gasteiger partial charge on any atom is 0.319 e. The van der Waals surface area contributed by atoms with Gasteiger partial charge in [-0.05, 0) is 44.4 Å². The molecule has 118 valence electrons. The molecule has 1 aromatic heterocycles. The third-order valence-corrected chi connectivity index (χ3v) is 4.02. The summed E-state index contributed by atoms with van der Waals surface area (Å²) in [5.74, 6) is 1.14. The Kier molecular flexibility index (Phi) is 5.15. The van der Waals surface area contributed by atoms with Crippen LogP contribution in [0.1, 0.15) is 18.4 Å². The van der Waals surface area contributed by atoms with E-state index < -0.39 is 5.60 Å². The van der Waals surface area contributed by atoms with Crippen LogP contribution in [0.2, 0.25) is 0 Å². The van der Waals surface area contributed by atoms with Crippen LogP contribution in [0.3, 0.4) is 0 Å². The Labute approximate surface area is 134 Å². The summed E-state index contributed by atoms with van der Waals surface area (Å²) in [5, 5.41) is 15.8. The average Bonchev–Trinajstić information content (AvgIpc) is 2.93. The minimum atomic E-state index is -1.26. The number of hydrogen-bond acceptors (Lipinski definition) is 4. The fourth-order valence-electron chi connectivity index (χ4n) is 1.98. The molecule has 0 bridgehead atoms. The molecule has 0 aliphatic heterocycles. The van der Waals surface area contributed by atoms with Gasteiger partial charge in [0, 0.05) is 4.90 Å². The molecule has 0 radical (unpaired) electrons. The number of carbonyl (C=O) groups excluding carboxylic acids is 1. The molecule has 5 nitrogen and oxygen atoms in total. The number of anilines is 1. The van der Waals surface area contributed by atoms with Crippen LogP contribution in [0, 0.1) is 6.92 Å². The fraction of sp³-hybridized carbons (Fsp3) is 0.312. The minimum Gasteiger partial charge on any atom is -0.463 e. The number of para-hydroxylation sites is 1. The molecule has 0 saturated carbocycles. The number of nitrogens with one attached hydrogen (secondary N) is 2. The van der Waals surface area contributed by atoms with E-state index in [4.69, 9.17) is 4.42 Å². The van der Waals surface area contributed by atoms with Crippen LogP contribution in [-0.2, 0) is 5.60 Å². The maximum absolute atomic E-state index is 12.0. The molecule has 6 heteroatoms. The van der Waals surface area contributed by atoms with Crippen LogP contribution < -0.4 is 10.6 Å². The third kappa shape index (κ3) is 4.05. The number of furan rings is 1. The summed E-state index contributed by atoms with van der Waals surface area (Å²) in [6, 6.07) is 10.7. The van der Waals surface area contributed by atoms with Crippen molar-refractivity contribution in [1.82, 2.24) is 5.32 Å². The molecule has 0 aliphatic rings. The predicted octanol–water partition coefficient (Wildman–Crippen LogP) is 3.34. The first kappa shape index (κ1) is 16.5. The zero-order valence-corrected chi connectivity index (χ0v) is 13.7. The summed E-state index contributed by atoms with van der Waals surface area (Å²) in [7, 11) is 0. The van der Waals surface area contributed by atoms with Gasteiger partial charge in [0.15, 0.2) is 0 Å². The monoisotopic (exact) mass is 320 g/mol. The summed E-state index contributed by atoms with van der Waals surface area (Å²) in [6.07, 6.45) is 1.95. The van der Waals surface area contributed by atoms with Gasteiger partial charge in [0.25, 0.3) is 0 Å². The van der Waals surface area contributed by atoms with E-state index in [1.165, 1.54) is 0 Å². The molecule has 1 aromatic carbocycles. The molecule has 0 spiro atoms. The highest BCUT2D eigenvalue weighted by Gasteiger charge is 2.27. The van der Waals surface area contributed by atoms with Crippen molar-refractivity contribution in [2.75, 3.05) is 18.1 Å². The van der Waals surface area contributed by atoms with Crippen molar-refractivity contribution in [3.05, 3.63) is 47.9 Å². The smallest absolute Gasteiger partial charge is 0.319 e. The Morgan fingerprint density at radius 3 is 2.68 bits per heavy atom. The van der Waals surface area contributed by atoms with Crippen molar-refractivity contribution in [1.29, 1.82) is 0 Å². The summed E-state index contributed by atoms with van der Waals surface area (Å²) in [5.41, 5.74) is -0.522. The Balaban J connectivity index is 1.95. The first-order valence-electron chi connectivity index (χ1n) is 6.89. The molecule has 1 unspecified atom stereocenters. The SMILES string of the molecule is CSc1ccccc1NC(=O)NCC(C)(O)c1ccc(C)o1. The van der Waals surface area contributed by atoms with Crippen LogP contribution in [0.4, 0.5) is 10.5 Å². The Hall–Kier alpha value is -1.92. The second kappa shape index (κ2) is 6.89. The van der Waals surface area contributed by atoms with E-state index in [0.29, 0.717) is 11.5 Å². The van der Waals surface area contributed by atoms with E-state index in [1.54, 1.807) is 37.7 Å². The quantitative estimate of drug-likeness (QED) is 0.739. The van der Waals surface area contributed by atoms with Crippen molar-refractivity contribution < 1.29 is 14.3 Å². The second-order valence-electron chi connectivity index (χ2n) is 5.19. The molecule has 2 aromatic rings. The normalized spacial score (nSPS) is 13.5. The molecule has 2 amide bonds. The van der Waals surface area contributed by atoms with E-state index in [-0.39, 0.29) is 12.6 Å². The van der Waals surface area contributed by atoms with Crippen LogP contribution in [-0.4, -0.2) is 23.9 Å². The van der Waals surface area contributed by atoms with Crippen LogP contribution in [0.15, 0.2) is 45.7 Å². The van der Waals surface area contributed by atoms with Gasteiger partial charge in [-0.1, -0.05) is 12.1 Å². The van der Waals surface area contributed by atoms with Gasteiger partial charge in [-0.25, -0.2) is 4.79 Å². The van der Waals surface area contributed by atoms with Crippen LogP contribution in [0.25, 0.3) is 0 Å². The van der Waals surface area contributed by atoms with Gasteiger partial charge in [0.2, 0.25) is 0 Å². The van der Waals surface area contributed by atoms with Gasteiger partial charge in [-0.3, -0.25) is 0 Å². The zero-order valence-electron chi connectivity index (χ0n) is 12.8. The number of hydrogen-bond donors (Lipinski definition) is 3. The van der Waals surface area contributed by atoms with Crippen molar-refractivity contribution in [2.24, 2.45) is 0 Å². The lowest BCUT2D eigenvalue weighted by Crippen LogP contribution is -2.40. The summed E-state index contributed by atoms with van der Waals surface area (Å²) < 4.78 is 5.41. The highest BCUT2D eigenvalue weighted by molar-refractivity contribution is 7.98. The molecule has 22 heavy (non-hydrogen) atoms. The summed E-state index contributed by atoms with van der Waals surface area (Å²) in [6.45, 7) is 3.45. The van der Waals surface area contributed by atoms with Gasteiger partial charge in [-0.15, -0.1) is 11.8 Å². The Morgan fingerprint density at radius 1 is 1.32 bits per heavy atom. The first-order valence-corrected chi connectivity index (χ1v) is 8.12. The first-order chi connectivity index (χ1) is 10.4. The molecule has 3 N–H and O–H groups in total. The number of aliphatic hydroxyl groups is 1. The van der Waals surface area contributed by atoms with Gasteiger partial charge in [-0.2, -0.15) is 0 Å². The van der Waals surface area contributed by atoms with Gasteiger partial charge in [0.05, 0.1) is 12.2 Å². The predicted molar refractivity (Wildman–Crippen MR) is 88.3 cm³/mol. The molecule has 2 rings (SSSR count). The molecular formula is C16H20N2O3S. The van der Waals surface area contributed by atoms with Crippen molar-refractivity contribution in [3.8, 4) is 0 Å². The maximum atomic E-state index is 12.0. The van der Waals surface area contributed by atoms with E-state index >= 15 is 0 Å². The van der Waals surface area contributed by atoms with Gasteiger partial charge in [0.1, 0.15) is 17.1 Å². The molecule has 0 fully saturated rings. The van der Waals surface area contributed by atoms with Crippen molar-refractivity contribution in [2.45, 2.75) is 24.3 Å². The zero-order chi connectivity index (χ0) is 16.2. The number of rotatable bonds is 5. The van der Waals surface area contributed by atoms with Crippen LogP contribution in [0.5, 0.6) is 0 Å². The highest BCUT2D eigenvalue weighted by atomic mass is 32.2. The summed E-state index contributed by atoms with van der Waals surface area (Å²) in [4.78, 5) is 13.0. The van der Waals surface area contributed by atoms with E-state index in [1.807, 2.05) is 30.5 Å². The van der Waals surface area contributed by atoms with E-state index in [9.17, 15) is 9.90 Å². The lowest BCUT2D eigenvalue weighted by atomic mass is 10.0. The minimum absolute atomic E-state index is 0.0488. The van der Waals surface area contributed by atoms with E-state index in [2.05, 4.69) is 10.6 Å². The lowest BCUT2D eigenvalue weighted by molar-refractivity contribution is 0.0364. The molecule has 0 aliphatic carbocycles. The number of benzene rings is 1. The number of thioether (sulfide) groups is 1. The standard InChI is InChI=1S/C16H20N2O3S/c1-11-8-9-14(21-11)16(2,20)10-17-15(19)18-12-6-4-5-7-13(12)22-3/h4-9,20H,10H2,1-3H3,(H2,17,18,19). The number of aryl methyl sites for hydroxylation is 1. The topological polar surface area (TPSA) is 74.5 Å². The van der Waals surface area contributed by atoms with Crippen molar-refractivity contribution in [3.63, 3.8) is 0 Å². The molecule has 0 saturated heterocycles. The van der Waals surface area contributed by atoms with E-state index in [0.717, 1.165) is 10.6 Å². The number of amides is 2. The number of urea groups is 1. The van der Waals surface area contributed by atoms with Gasteiger partial charge < -0.3 is 20.2 Å². The molecule has 1 heterocycles. The largest absolute Gasteiger partial charge is 0.463 e. The Bertz CT molecular complexity index is 652. The summed E-state index contributed by atoms with van der Waals surface area (Å²) >= 11 is 1.55.